The van der Waals surface area contributed by atoms with Gasteiger partial charge in [0, 0.05) is 16.5 Å². The molecule has 7 heteroatoms. The van der Waals surface area contributed by atoms with Gasteiger partial charge in [0.1, 0.15) is 5.75 Å². The lowest BCUT2D eigenvalue weighted by molar-refractivity contribution is 0.102. The number of aromatic nitrogens is 3. The second-order valence-electron chi connectivity index (χ2n) is 5.51. The van der Waals surface area contributed by atoms with E-state index >= 15 is 0 Å². The molecule has 0 fully saturated rings. The van der Waals surface area contributed by atoms with Gasteiger partial charge in [-0.3, -0.25) is 9.89 Å². The monoisotopic (exact) mass is 364 g/mol. The van der Waals surface area contributed by atoms with Gasteiger partial charge in [-0.05, 0) is 36.4 Å². The van der Waals surface area contributed by atoms with Crippen molar-refractivity contribution < 1.29 is 9.53 Å². The number of aromatic amines is 1. The van der Waals surface area contributed by atoms with E-state index in [0.29, 0.717) is 28.0 Å². The SMILES string of the molecule is O=C(Nc1ccc(Oc2ccc(Cl)cc2)nc1)c1n[nH]c2ccccc12. The van der Waals surface area contributed by atoms with Crippen molar-refractivity contribution in [1.29, 1.82) is 0 Å². The van der Waals surface area contributed by atoms with Crippen molar-refractivity contribution >= 4 is 34.1 Å². The molecule has 0 aliphatic heterocycles. The predicted molar refractivity (Wildman–Crippen MR) is 99.8 cm³/mol. The molecule has 2 heterocycles. The molecule has 0 radical (unpaired) electrons. The molecule has 0 saturated carbocycles. The zero-order chi connectivity index (χ0) is 17.9. The highest BCUT2D eigenvalue weighted by molar-refractivity contribution is 6.30. The molecule has 0 spiro atoms. The van der Waals surface area contributed by atoms with Crippen molar-refractivity contribution in [3.05, 3.63) is 77.6 Å². The van der Waals surface area contributed by atoms with Crippen molar-refractivity contribution in [3.8, 4) is 11.6 Å². The van der Waals surface area contributed by atoms with Gasteiger partial charge in [-0.2, -0.15) is 5.10 Å². The highest BCUT2D eigenvalue weighted by atomic mass is 35.5. The van der Waals surface area contributed by atoms with Crippen LogP contribution in [-0.4, -0.2) is 21.1 Å². The minimum atomic E-state index is -0.310. The zero-order valence-corrected chi connectivity index (χ0v) is 14.2. The van der Waals surface area contributed by atoms with Crippen LogP contribution in [0.25, 0.3) is 10.9 Å². The third-order valence-electron chi connectivity index (χ3n) is 3.72. The Bertz CT molecular complexity index is 1060. The maximum atomic E-state index is 12.4. The molecule has 0 bridgehead atoms. The number of ether oxygens (including phenoxy) is 1. The van der Waals surface area contributed by atoms with Gasteiger partial charge >= 0.3 is 0 Å². The number of fused-ring (bicyclic) bond motifs is 1. The molecule has 0 atom stereocenters. The number of H-pyrrole nitrogens is 1. The van der Waals surface area contributed by atoms with Crippen LogP contribution in [0.15, 0.2) is 66.9 Å². The van der Waals surface area contributed by atoms with Gasteiger partial charge in [-0.1, -0.05) is 29.8 Å². The first kappa shape index (κ1) is 16.1. The molecule has 1 amide bonds. The summed E-state index contributed by atoms with van der Waals surface area (Å²) in [5.41, 5.74) is 1.69. The van der Waals surface area contributed by atoms with Gasteiger partial charge < -0.3 is 10.1 Å². The van der Waals surface area contributed by atoms with E-state index in [4.69, 9.17) is 16.3 Å². The Labute approximate surface area is 153 Å². The molecule has 2 aromatic heterocycles. The van der Waals surface area contributed by atoms with Gasteiger partial charge in [0.25, 0.3) is 5.91 Å². The molecule has 0 aliphatic carbocycles. The second-order valence-corrected chi connectivity index (χ2v) is 5.95. The molecular weight excluding hydrogens is 352 g/mol. The van der Waals surface area contributed by atoms with Gasteiger partial charge in [0.15, 0.2) is 5.69 Å². The van der Waals surface area contributed by atoms with Crippen LogP contribution in [0.5, 0.6) is 11.6 Å². The minimum absolute atomic E-state index is 0.310. The summed E-state index contributed by atoms with van der Waals surface area (Å²) in [5.74, 6) is 0.729. The lowest BCUT2D eigenvalue weighted by atomic mass is 10.2. The number of pyridine rings is 1. The van der Waals surface area contributed by atoms with Gasteiger partial charge in [0.05, 0.1) is 17.4 Å². The van der Waals surface area contributed by atoms with Crippen molar-refractivity contribution in [2.45, 2.75) is 0 Å². The highest BCUT2D eigenvalue weighted by Crippen LogP contribution is 2.23. The summed E-state index contributed by atoms with van der Waals surface area (Å²) in [4.78, 5) is 16.6. The molecule has 26 heavy (non-hydrogen) atoms. The average Bonchev–Trinajstić information content (AvgIpc) is 3.09. The van der Waals surface area contributed by atoms with Crippen LogP contribution in [0.3, 0.4) is 0 Å². The van der Waals surface area contributed by atoms with E-state index in [1.165, 1.54) is 6.20 Å². The number of hydrogen-bond donors (Lipinski definition) is 2. The lowest BCUT2D eigenvalue weighted by Crippen LogP contribution is -2.13. The minimum Gasteiger partial charge on any atom is -0.439 e. The number of nitrogens with zero attached hydrogens (tertiary/aromatic N) is 2. The maximum Gasteiger partial charge on any atom is 0.276 e. The quantitative estimate of drug-likeness (QED) is 0.552. The summed E-state index contributed by atoms with van der Waals surface area (Å²) < 4.78 is 5.62. The molecule has 0 aliphatic rings. The lowest BCUT2D eigenvalue weighted by Gasteiger charge is -2.06. The summed E-state index contributed by atoms with van der Waals surface area (Å²) in [6, 6.07) is 17.8. The number of amides is 1. The fraction of sp³-hybridized carbons (Fsp3) is 0. The molecule has 6 nitrogen and oxygen atoms in total. The Kier molecular flexibility index (Phi) is 4.25. The molecule has 4 aromatic rings. The number of carbonyl (C=O) groups is 1. The van der Waals surface area contributed by atoms with Crippen LogP contribution in [0.1, 0.15) is 10.5 Å². The van der Waals surface area contributed by atoms with Crippen molar-refractivity contribution in [3.63, 3.8) is 0 Å². The van der Waals surface area contributed by atoms with E-state index in [-0.39, 0.29) is 5.91 Å². The number of benzene rings is 2. The Morgan fingerprint density at radius 1 is 1.04 bits per heavy atom. The number of anilines is 1. The third kappa shape index (κ3) is 3.36. The molecular formula is C19H13ClN4O2. The van der Waals surface area contributed by atoms with Gasteiger partial charge in [-0.15, -0.1) is 0 Å². The largest absolute Gasteiger partial charge is 0.439 e. The van der Waals surface area contributed by atoms with Crippen LogP contribution in [0.2, 0.25) is 5.02 Å². The van der Waals surface area contributed by atoms with Crippen LogP contribution in [0, 0.1) is 0 Å². The van der Waals surface area contributed by atoms with Crippen LogP contribution < -0.4 is 10.1 Å². The normalized spacial score (nSPS) is 10.7. The number of para-hydroxylation sites is 1. The summed E-state index contributed by atoms with van der Waals surface area (Å²) >= 11 is 5.84. The number of nitrogens with one attached hydrogen (secondary N) is 2. The van der Waals surface area contributed by atoms with E-state index in [2.05, 4.69) is 20.5 Å². The number of halogens is 1. The Hall–Kier alpha value is -3.38. The fourth-order valence-corrected chi connectivity index (χ4v) is 2.59. The predicted octanol–water partition coefficient (Wildman–Crippen LogP) is 4.66. The molecule has 128 valence electrons. The van der Waals surface area contributed by atoms with Crippen LogP contribution in [0.4, 0.5) is 5.69 Å². The summed E-state index contributed by atoms with van der Waals surface area (Å²) in [6.45, 7) is 0. The summed E-state index contributed by atoms with van der Waals surface area (Å²) in [7, 11) is 0. The third-order valence-corrected chi connectivity index (χ3v) is 3.97. The van der Waals surface area contributed by atoms with E-state index < -0.39 is 0 Å². The first-order valence-corrected chi connectivity index (χ1v) is 8.21. The molecule has 0 unspecified atom stereocenters. The van der Waals surface area contributed by atoms with Crippen molar-refractivity contribution in [2.75, 3.05) is 5.32 Å². The molecule has 2 aromatic carbocycles. The highest BCUT2D eigenvalue weighted by Gasteiger charge is 2.14. The van der Waals surface area contributed by atoms with E-state index in [1.807, 2.05) is 24.3 Å². The van der Waals surface area contributed by atoms with E-state index in [0.717, 1.165) is 10.9 Å². The van der Waals surface area contributed by atoms with Crippen molar-refractivity contribution in [1.82, 2.24) is 15.2 Å². The van der Waals surface area contributed by atoms with Gasteiger partial charge in [-0.25, -0.2) is 4.98 Å². The average molecular weight is 365 g/mol. The Balaban J connectivity index is 1.47. The topological polar surface area (TPSA) is 79.9 Å². The number of carbonyl (C=O) groups excluding carboxylic acids is 1. The van der Waals surface area contributed by atoms with Crippen LogP contribution in [-0.2, 0) is 0 Å². The Morgan fingerprint density at radius 3 is 2.62 bits per heavy atom. The Morgan fingerprint density at radius 2 is 1.85 bits per heavy atom. The van der Waals surface area contributed by atoms with Crippen LogP contribution >= 0.6 is 11.6 Å². The van der Waals surface area contributed by atoms with Crippen molar-refractivity contribution in [2.24, 2.45) is 0 Å². The van der Waals surface area contributed by atoms with E-state index in [1.54, 1.807) is 36.4 Å². The number of hydrogen-bond acceptors (Lipinski definition) is 4. The molecule has 4 rings (SSSR count). The number of rotatable bonds is 4. The van der Waals surface area contributed by atoms with Gasteiger partial charge in [0.2, 0.25) is 5.88 Å². The smallest absolute Gasteiger partial charge is 0.276 e. The first-order valence-electron chi connectivity index (χ1n) is 7.83. The standard InChI is InChI=1S/C19H13ClN4O2/c20-12-5-8-14(9-6-12)26-17-10-7-13(11-21-17)22-19(25)18-15-3-1-2-4-16(15)23-24-18/h1-11H,(H,22,25)(H,23,24). The summed E-state index contributed by atoms with van der Waals surface area (Å²) in [6.07, 6.45) is 1.53. The fourth-order valence-electron chi connectivity index (χ4n) is 2.46. The molecule has 0 saturated heterocycles. The van der Waals surface area contributed by atoms with E-state index in [9.17, 15) is 4.79 Å². The zero-order valence-electron chi connectivity index (χ0n) is 13.4. The first-order chi connectivity index (χ1) is 12.7. The second kappa shape index (κ2) is 6.85. The summed E-state index contributed by atoms with van der Waals surface area (Å²) in [5, 5.41) is 11.1. The maximum absolute atomic E-state index is 12.4. The molecule has 2 N–H and O–H groups in total.